The molecular weight excluding hydrogens is 1250 g/mol. The molecular formula is C92H108O2Si4. The van der Waals surface area contributed by atoms with Crippen LogP contribution < -0.4 is 0 Å². The van der Waals surface area contributed by atoms with E-state index in [1.807, 2.05) is 13.8 Å². The summed E-state index contributed by atoms with van der Waals surface area (Å²) in [6.45, 7) is 53.6. The predicted molar refractivity (Wildman–Crippen MR) is 442 cm³/mol. The molecule has 0 bridgehead atoms. The van der Waals surface area contributed by atoms with Crippen LogP contribution in [0.15, 0.2) is 146 Å². The van der Waals surface area contributed by atoms with Crippen molar-refractivity contribution in [3.63, 3.8) is 0 Å². The minimum atomic E-state index is -2.44. The number of hydrogen-bond donors (Lipinski definition) is 2. The van der Waals surface area contributed by atoms with Crippen molar-refractivity contribution in [3.05, 3.63) is 168 Å². The summed E-state index contributed by atoms with van der Waals surface area (Å²) in [6, 6.07) is 53.0. The largest absolute Gasteiger partial charge is 0.396 e. The molecule has 6 heteroatoms. The highest BCUT2D eigenvalue weighted by Gasteiger charge is 2.45. The Labute approximate surface area is 594 Å². The van der Waals surface area contributed by atoms with Gasteiger partial charge in [0, 0.05) is 33.1 Å². The standard InChI is InChI=1S/C50H58Si2.C42H50O2Si2/c1-35(2)51(36(3)4,29-25-49(9,10)11)27-23-43-45-31-39-19-15-17-21-41(39)33-47(45)44(48-34-42-22-18-16-20-40(42)32-46(43)48)24-28-52(37(5)6,38(7)8)30-26-50(12,13)14;1-27(2)45(28(3)4,31(9)43)21-19-37-39-23-33-15-11-13-17-35(33)25-41(39)38(20-22-46(29(5)6,30(7)8)32(10)44)42-26-36-18-14-12-16-34(36)24-40(37)42/h15-22,31-38H,1-14H3;11-18,23-32,43-44H,1-10H3. The molecule has 0 aliphatic heterocycles. The molecule has 0 aliphatic rings. The van der Waals surface area contributed by atoms with Gasteiger partial charge in [0.05, 0.1) is 11.5 Å². The van der Waals surface area contributed by atoms with Gasteiger partial charge in [-0.05, 0) is 234 Å². The first-order valence-electron chi connectivity index (χ1n) is 36.2. The highest BCUT2D eigenvalue weighted by Crippen LogP contribution is 2.43. The van der Waals surface area contributed by atoms with E-state index in [1.54, 1.807) is 0 Å². The fraction of sp³-hybridized carbons (Fsp3) is 0.391. The topological polar surface area (TPSA) is 40.5 Å². The molecule has 10 rings (SSSR count). The normalized spacial score (nSPS) is 13.2. The summed E-state index contributed by atoms with van der Waals surface area (Å²) in [6.07, 6.45) is 0. The Kier molecular flexibility index (Phi) is 22.3. The van der Waals surface area contributed by atoms with Gasteiger partial charge in [0.15, 0.2) is 16.1 Å². The Morgan fingerprint density at radius 1 is 0.255 bits per heavy atom. The van der Waals surface area contributed by atoms with Crippen LogP contribution in [0.4, 0.5) is 0 Å². The summed E-state index contributed by atoms with van der Waals surface area (Å²) in [4.78, 5) is 0. The first-order chi connectivity index (χ1) is 46.0. The molecule has 504 valence electrons. The fourth-order valence-corrected chi connectivity index (χ4v) is 31.3. The minimum absolute atomic E-state index is 0.0803. The van der Waals surface area contributed by atoms with Gasteiger partial charge in [0.25, 0.3) is 0 Å². The molecule has 0 fully saturated rings. The van der Waals surface area contributed by atoms with E-state index < -0.39 is 43.7 Å². The van der Waals surface area contributed by atoms with E-state index in [9.17, 15) is 10.2 Å². The number of aliphatic hydroxyl groups is 2. The SMILES string of the molecule is CC(C)[Si](C#Cc1c2cc3ccccc3cc2c(C#C[Si](C#CC(C)(C)C)(C(C)C)C(C)C)c2cc3ccccc3cc12)(C#CC(C)(C)C)C(C)C.CC(C)[Si](C#Cc1c2cc3ccccc3cc2c(C#C[Si](C(C)C)(C(C)C)C(C)O)c2cc3ccccc3cc12)(C(C)C)C(C)O. The number of aliphatic hydroxyl groups excluding tert-OH is 2. The Morgan fingerprint density at radius 3 is 0.571 bits per heavy atom. The molecule has 10 aromatic rings. The molecule has 2 atom stereocenters. The van der Waals surface area contributed by atoms with Gasteiger partial charge in [-0.1, -0.05) is 232 Å². The third-order valence-corrected chi connectivity index (χ3v) is 42.4. The average Bonchev–Trinajstić information content (AvgIpc) is 0.735. The second kappa shape index (κ2) is 29.3. The number of rotatable bonds is 10. The summed E-state index contributed by atoms with van der Waals surface area (Å²) >= 11 is 0. The van der Waals surface area contributed by atoms with Crippen molar-refractivity contribution in [2.45, 2.75) is 222 Å². The van der Waals surface area contributed by atoms with Crippen LogP contribution in [-0.4, -0.2) is 54.0 Å². The van der Waals surface area contributed by atoms with Crippen molar-refractivity contribution in [2.75, 3.05) is 0 Å². The molecule has 98 heavy (non-hydrogen) atoms. The van der Waals surface area contributed by atoms with Crippen LogP contribution in [0.2, 0.25) is 44.3 Å². The molecule has 0 radical (unpaired) electrons. The number of fused-ring (bicyclic) bond motifs is 8. The predicted octanol–water partition coefficient (Wildman–Crippen LogP) is 24.3. The van der Waals surface area contributed by atoms with Gasteiger partial charge >= 0.3 is 0 Å². The summed E-state index contributed by atoms with van der Waals surface area (Å²) in [5.74, 6) is 22.7. The minimum Gasteiger partial charge on any atom is -0.396 e. The van der Waals surface area contributed by atoms with Crippen LogP contribution in [0.3, 0.4) is 0 Å². The Morgan fingerprint density at radius 2 is 0.429 bits per heavy atom. The van der Waals surface area contributed by atoms with Crippen LogP contribution in [0, 0.1) is 79.6 Å². The molecule has 0 heterocycles. The fourth-order valence-electron chi connectivity index (χ4n) is 15.6. The van der Waals surface area contributed by atoms with E-state index in [0.717, 1.165) is 43.8 Å². The van der Waals surface area contributed by atoms with E-state index in [-0.39, 0.29) is 10.8 Å². The Hall–Kier alpha value is -7.57. The maximum absolute atomic E-state index is 11.2. The number of hydrogen-bond acceptors (Lipinski definition) is 2. The highest BCUT2D eigenvalue weighted by molar-refractivity contribution is 6.97. The first kappa shape index (κ1) is 74.6. The quantitative estimate of drug-likeness (QED) is 0.0814. The van der Waals surface area contributed by atoms with Crippen molar-refractivity contribution >= 4 is 118 Å². The Bertz CT molecular complexity index is 4530. The van der Waals surface area contributed by atoms with Gasteiger partial charge in [-0.25, -0.2) is 0 Å². The highest BCUT2D eigenvalue weighted by atomic mass is 28.3. The van der Waals surface area contributed by atoms with Gasteiger partial charge < -0.3 is 10.2 Å². The third-order valence-electron chi connectivity index (χ3n) is 21.4. The summed E-state index contributed by atoms with van der Waals surface area (Å²) in [5, 5.41) is 41.0. The van der Waals surface area contributed by atoms with Gasteiger partial charge in [-0.3, -0.25) is 0 Å². The van der Waals surface area contributed by atoms with Crippen LogP contribution >= 0.6 is 0 Å². The van der Waals surface area contributed by atoms with E-state index >= 15 is 0 Å². The second-order valence-electron chi connectivity index (χ2n) is 32.7. The molecule has 2 nitrogen and oxygen atoms in total. The van der Waals surface area contributed by atoms with Crippen molar-refractivity contribution in [3.8, 4) is 68.8 Å². The summed E-state index contributed by atoms with van der Waals surface area (Å²) in [5.41, 5.74) is 29.3. The van der Waals surface area contributed by atoms with Crippen molar-refractivity contribution in [1.29, 1.82) is 0 Å². The lowest BCUT2D eigenvalue weighted by atomic mass is 9.89. The molecule has 10 aromatic carbocycles. The maximum atomic E-state index is 11.2. The third kappa shape index (κ3) is 14.7. The molecule has 0 aromatic heterocycles. The zero-order chi connectivity index (χ0) is 71.8. The van der Waals surface area contributed by atoms with Crippen LogP contribution in [0.25, 0.3) is 86.2 Å². The van der Waals surface area contributed by atoms with Gasteiger partial charge in [0.2, 0.25) is 16.1 Å². The zero-order valence-electron chi connectivity index (χ0n) is 63.5. The second-order valence-corrected chi connectivity index (χ2v) is 52.3. The van der Waals surface area contributed by atoms with E-state index in [2.05, 4.69) is 367 Å². The lowest BCUT2D eigenvalue weighted by Crippen LogP contribution is -2.50. The van der Waals surface area contributed by atoms with Gasteiger partial charge in [0.1, 0.15) is 0 Å². The van der Waals surface area contributed by atoms with Crippen LogP contribution in [-0.2, 0) is 0 Å². The van der Waals surface area contributed by atoms with Gasteiger partial charge in [-0.2, -0.15) is 0 Å². The molecule has 0 aliphatic carbocycles. The lowest BCUT2D eigenvalue weighted by molar-refractivity contribution is 0.259. The monoisotopic (exact) mass is 1360 g/mol. The van der Waals surface area contributed by atoms with Crippen LogP contribution in [0.5, 0.6) is 0 Å². The molecule has 0 amide bonds. The van der Waals surface area contributed by atoms with Crippen molar-refractivity contribution in [2.24, 2.45) is 10.8 Å². The molecule has 0 saturated carbocycles. The first-order valence-corrected chi connectivity index (χ1v) is 45.0. The molecule has 0 spiro atoms. The molecule has 2 unspecified atom stereocenters. The molecule has 0 saturated heterocycles. The van der Waals surface area contributed by atoms with E-state index in [4.69, 9.17) is 0 Å². The zero-order valence-corrected chi connectivity index (χ0v) is 67.5. The average molecular weight is 1360 g/mol. The molecule has 2 N–H and O–H groups in total. The Balaban J connectivity index is 0.000000231. The number of benzene rings is 10. The summed E-state index contributed by atoms with van der Waals surface area (Å²) in [7, 11) is -9.66. The van der Waals surface area contributed by atoms with Crippen LogP contribution in [0.1, 0.15) is 188 Å². The maximum Gasteiger partial charge on any atom is 0.222 e. The summed E-state index contributed by atoms with van der Waals surface area (Å²) < 4.78 is 0. The van der Waals surface area contributed by atoms with Crippen molar-refractivity contribution < 1.29 is 10.2 Å². The van der Waals surface area contributed by atoms with Gasteiger partial charge in [-0.15, -0.1) is 45.1 Å². The van der Waals surface area contributed by atoms with E-state index in [1.165, 1.54) is 64.6 Å². The smallest absolute Gasteiger partial charge is 0.222 e. The van der Waals surface area contributed by atoms with Crippen molar-refractivity contribution in [1.82, 2.24) is 0 Å². The lowest BCUT2D eigenvalue weighted by Gasteiger charge is -2.36. The van der Waals surface area contributed by atoms with E-state index in [0.29, 0.717) is 44.3 Å².